The van der Waals surface area contributed by atoms with E-state index in [1.165, 1.54) is 38.5 Å². The number of unbranched alkanes of at least 4 members (excludes halogenated alkanes) is 5. The Morgan fingerprint density at radius 1 is 0.750 bits per heavy atom. The van der Waals surface area contributed by atoms with Crippen molar-refractivity contribution < 1.29 is 0 Å². The second-order valence-corrected chi connectivity index (χ2v) is 6.05. The Labute approximate surface area is 146 Å². The van der Waals surface area contributed by atoms with E-state index < -0.39 is 0 Å². The van der Waals surface area contributed by atoms with E-state index in [4.69, 9.17) is 4.99 Å². The van der Waals surface area contributed by atoms with Gasteiger partial charge in [0, 0.05) is 6.21 Å². The summed E-state index contributed by atoms with van der Waals surface area (Å²) in [5.41, 5.74) is 3.03. The van der Waals surface area contributed by atoms with Crippen molar-refractivity contribution in [2.75, 3.05) is 0 Å². The number of para-hydroxylation sites is 2. The molecular formula is C22H28N2. The Morgan fingerprint density at radius 2 is 1.33 bits per heavy atom. The van der Waals surface area contributed by atoms with Crippen LogP contribution in [-0.4, -0.2) is 11.9 Å². The average molecular weight is 320 g/mol. The summed E-state index contributed by atoms with van der Waals surface area (Å²) in [7, 11) is 0. The highest BCUT2D eigenvalue weighted by atomic mass is 14.8. The van der Waals surface area contributed by atoms with E-state index in [1.54, 1.807) is 0 Å². The largest absolute Gasteiger partial charge is 0.255 e. The Bertz CT molecular complexity index is 615. The van der Waals surface area contributed by atoms with Crippen LogP contribution >= 0.6 is 0 Å². The maximum atomic E-state index is 4.77. The molecule has 0 radical (unpaired) electrons. The van der Waals surface area contributed by atoms with Crippen LogP contribution in [0.1, 0.15) is 51.9 Å². The van der Waals surface area contributed by atoms with Gasteiger partial charge in [-0.1, -0.05) is 75.4 Å². The molecule has 0 heterocycles. The molecular weight excluding hydrogens is 292 g/mol. The smallest absolute Gasteiger partial charge is 0.0633 e. The first-order valence-corrected chi connectivity index (χ1v) is 9.10. The lowest BCUT2D eigenvalue weighted by atomic mass is 10.1. The number of rotatable bonds is 10. The SMILES string of the molecule is CCCCCCCCC(C=Nc1ccccc1)=Nc1ccccc1. The molecule has 0 aliphatic rings. The van der Waals surface area contributed by atoms with Crippen molar-refractivity contribution in [1.29, 1.82) is 0 Å². The second kappa shape index (κ2) is 11.3. The number of hydrogen-bond acceptors (Lipinski definition) is 2. The molecule has 0 aliphatic carbocycles. The van der Waals surface area contributed by atoms with Gasteiger partial charge in [-0.25, -0.2) is 0 Å². The van der Waals surface area contributed by atoms with Crippen molar-refractivity contribution in [3.63, 3.8) is 0 Å². The average Bonchev–Trinajstić information content (AvgIpc) is 2.64. The van der Waals surface area contributed by atoms with Crippen LogP contribution in [0, 0.1) is 0 Å². The summed E-state index contributed by atoms with van der Waals surface area (Å²) in [5.74, 6) is 0. The highest BCUT2D eigenvalue weighted by Crippen LogP contribution is 2.14. The van der Waals surface area contributed by atoms with Gasteiger partial charge >= 0.3 is 0 Å². The fourth-order valence-electron chi connectivity index (χ4n) is 2.57. The van der Waals surface area contributed by atoms with E-state index >= 15 is 0 Å². The maximum absolute atomic E-state index is 4.77. The minimum absolute atomic E-state index is 0.973. The molecule has 0 amide bonds. The molecule has 2 aromatic rings. The van der Waals surface area contributed by atoms with Gasteiger partial charge in [0.2, 0.25) is 0 Å². The van der Waals surface area contributed by atoms with Crippen molar-refractivity contribution >= 4 is 23.3 Å². The van der Waals surface area contributed by atoms with Gasteiger partial charge in [-0.15, -0.1) is 0 Å². The van der Waals surface area contributed by atoms with E-state index in [-0.39, 0.29) is 0 Å². The molecule has 0 atom stereocenters. The Kier molecular flexibility index (Phi) is 8.56. The summed E-state index contributed by atoms with van der Waals surface area (Å²) >= 11 is 0. The molecule has 0 spiro atoms. The minimum atomic E-state index is 0.973. The van der Waals surface area contributed by atoms with Crippen LogP contribution in [0.2, 0.25) is 0 Å². The van der Waals surface area contributed by atoms with Crippen molar-refractivity contribution in [3.05, 3.63) is 60.7 Å². The molecule has 2 rings (SSSR count). The van der Waals surface area contributed by atoms with E-state index in [9.17, 15) is 0 Å². The summed E-state index contributed by atoms with van der Waals surface area (Å²) in [6, 6.07) is 20.2. The predicted octanol–water partition coefficient (Wildman–Crippen LogP) is 6.91. The molecule has 0 aliphatic heterocycles. The Morgan fingerprint density at radius 3 is 2.00 bits per heavy atom. The molecule has 0 N–H and O–H groups in total. The standard InChI is InChI=1S/C22H28N2/c1-2-3-4-5-6-9-18-22(24-21-16-12-8-13-17-21)19-23-20-14-10-7-11-15-20/h7-8,10-17,19H,2-6,9,18H2,1H3. The maximum Gasteiger partial charge on any atom is 0.0633 e. The summed E-state index contributed by atoms with van der Waals surface area (Å²) in [6.07, 6.45) is 10.7. The third-order valence-electron chi connectivity index (χ3n) is 3.93. The monoisotopic (exact) mass is 320 g/mol. The topological polar surface area (TPSA) is 24.7 Å². The second-order valence-electron chi connectivity index (χ2n) is 6.05. The number of benzene rings is 2. The van der Waals surface area contributed by atoms with E-state index in [2.05, 4.69) is 11.9 Å². The number of nitrogens with zero attached hydrogens (tertiary/aromatic N) is 2. The van der Waals surface area contributed by atoms with Crippen LogP contribution in [0.4, 0.5) is 11.4 Å². The van der Waals surface area contributed by atoms with Crippen LogP contribution in [0.25, 0.3) is 0 Å². The van der Waals surface area contributed by atoms with Gasteiger partial charge in [-0.2, -0.15) is 0 Å². The molecule has 0 aromatic heterocycles. The van der Waals surface area contributed by atoms with Crippen molar-refractivity contribution in [2.45, 2.75) is 51.9 Å². The quantitative estimate of drug-likeness (QED) is 0.335. The summed E-state index contributed by atoms with van der Waals surface area (Å²) in [5, 5.41) is 0. The van der Waals surface area contributed by atoms with Gasteiger partial charge in [-0.3, -0.25) is 9.98 Å². The first-order valence-electron chi connectivity index (χ1n) is 9.10. The Balaban J connectivity index is 1.96. The first-order chi connectivity index (χ1) is 11.9. The van der Waals surface area contributed by atoms with E-state index in [1.807, 2.05) is 66.9 Å². The third kappa shape index (κ3) is 7.36. The zero-order valence-electron chi connectivity index (χ0n) is 14.7. The molecule has 0 saturated carbocycles. The van der Waals surface area contributed by atoms with Gasteiger partial charge in [0.25, 0.3) is 0 Å². The summed E-state index contributed by atoms with van der Waals surface area (Å²) in [4.78, 5) is 9.35. The molecule has 2 heteroatoms. The van der Waals surface area contributed by atoms with Crippen LogP contribution < -0.4 is 0 Å². The fraction of sp³-hybridized carbons (Fsp3) is 0.364. The molecule has 0 saturated heterocycles. The molecule has 0 unspecified atom stereocenters. The fourth-order valence-corrected chi connectivity index (χ4v) is 2.57. The zero-order chi connectivity index (χ0) is 16.9. The summed E-state index contributed by atoms with van der Waals surface area (Å²) in [6.45, 7) is 2.25. The highest BCUT2D eigenvalue weighted by Gasteiger charge is 1.99. The van der Waals surface area contributed by atoms with Crippen molar-refractivity contribution in [3.8, 4) is 0 Å². The lowest BCUT2D eigenvalue weighted by Gasteiger charge is -2.03. The van der Waals surface area contributed by atoms with Crippen LogP contribution in [0.3, 0.4) is 0 Å². The minimum Gasteiger partial charge on any atom is -0.255 e. The molecule has 0 fully saturated rings. The summed E-state index contributed by atoms with van der Waals surface area (Å²) < 4.78 is 0. The van der Waals surface area contributed by atoms with Gasteiger partial charge in [0.1, 0.15) is 0 Å². The lowest BCUT2D eigenvalue weighted by Crippen LogP contribution is -1.99. The molecule has 126 valence electrons. The predicted molar refractivity (Wildman–Crippen MR) is 106 cm³/mol. The Hall–Kier alpha value is -2.22. The van der Waals surface area contributed by atoms with Crippen LogP contribution in [0.15, 0.2) is 70.6 Å². The van der Waals surface area contributed by atoms with Gasteiger partial charge in [0.05, 0.1) is 17.1 Å². The normalized spacial score (nSPS) is 12.0. The van der Waals surface area contributed by atoms with Crippen LogP contribution in [-0.2, 0) is 0 Å². The molecule has 24 heavy (non-hydrogen) atoms. The molecule has 2 aromatic carbocycles. The van der Waals surface area contributed by atoms with Crippen LogP contribution in [0.5, 0.6) is 0 Å². The van der Waals surface area contributed by atoms with Gasteiger partial charge in [-0.05, 0) is 37.1 Å². The highest BCUT2D eigenvalue weighted by molar-refractivity contribution is 6.31. The number of aliphatic imine (C=N–C) groups is 2. The number of hydrogen-bond donors (Lipinski definition) is 0. The van der Waals surface area contributed by atoms with E-state index in [0.717, 1.165) is 23.5 Å². The van der Waals surface area contributed by atoms with Crippen molar-refractivity contribution in [1.82, 2.24) is 0 Å². The molecule has 0 bridgehead atoms. The van der Waals surface area contributed by atoms with E-state index in [0.29, 0.717) is 0 Å². The zero-order valence-corrected chi connectivity index (χ0v) is 14.7. The van der Waals surface area contributed by atoms with Gasteiger partial charge in [0.15, 0.2) is 0 Å². The first kappa shape index (κ1) is 18.1. The third-order valence-corrected chi connectivity index (χ3v) is 3.93. The van der Waals surface area contributed by atoms with Crippen molar-refractivity contribution in [2.24, 2.45) is 9.98 Å². The van der Waals surface area contributed by atoms with Gasteiger partial charge < -0.3 is 0 Å². The lowest BCUT2D eigenvalue weighted by molar-refractivity contribution is 0.616. The molecule has 2 nitrogen and oxygen atoms in total.